The molecule has 1 aliphatic rings. The van der Waals surface area contributed by atoms with E-state index in [0.29, 0.717) is 24.8 Å². The summed E-state index contributed by atoms with van der Waals surface area (Å²) in [5.74, 6) is -0.386. The molecule has 104 valence electrons. The van der Waals surface area contributed by atoms with Gasteiger partial charge in [0.25, 0.3) is 0 Å². The Morgan fingerprint density at radius 2 is 2.00 bits per heavy atom. The Balaban J connectivity index is 2.68. The van der Waals surface area contributed by atoms with Crippen molar-refractivity contribution in [2.24, 2.45) is 0 Å². The van der Waals surface area contributed by atoms with E-state index in [1.165, 1.54) is 0 Å². The minimum Gasteiger partial charge on any atom is -0.507 e. The number of benzene rings is 1. The molecule has 0 bridgehead atoms. The van der Waals surface area contributed by atoms with Crippen LogP contribution in [0.3, 0.4) is 0 Å². The molecule has 0 aliphatic heterocycles. The van der Waals surface area contributed by atoms with Gasteiger partial charge in [0, 0.05) is 5.56 Å². The van der Waals surface area contributed by atoms with Crippen LogP contribution in [0.25, 0.3) is 0 Å². The molecule has 0 spiro atoms. The number of aliphatic carboxylic acids is 1. The lowest BCUT2D eigenvalue weighted by atomic mass is 9.62. The standard InChI is InChI=1S/C16H22O3/c1-4-11-6-7-12(10(2)3)13(14(11)17)16(15(18)19)8-5-9-16/h6-7,10,17H,4-5,8-9H2,1-3H3,(H,18,19). The van der Waals surface area contributed by atoms with Crippen molar-refractivity contribution in [3.05, 3.63) is 28.8 Å². The molecule has 0 amide bonds. The molecular formula is C16H22O3. The minimum absolute atomic E-state index is 0.204. The zero-order valence-electron chi connectivity index (χ0n) is 11.9. The Kier molecular flexibility index (Phi) is 3.57. The van der Waals surface area contributed by atoms with E-state index in [4.69, 9.17) is 0 Å². The highest BCUT2D eigenvalue weighted by Crippen LogP contribution is 2.50. The van der Waals surface area contributed by atoms with Crippen molar-refractivity contribution in [1.29, 1.82) is 0 Å². The van der Waals surface area contributed by atoms with Gasteiger partial charge in [-0.25, -0.2) is 0 Å². The molecule has 3 nitrogen and oxygen atoms in total. The lowest BCUT2D eigenvalue weighted by Gasteiger charge is -2.40. The number of aromatic hydroxyl groups is 1. The van der Waals surface area contributed by atoms with Gasteiger partial charge in [-0.15, -0.1) is 0 Å². The van der Waals surface area contributed by atoms with Gasteiger partial charge >= 0.3 is 5.97 Å². The summed E-state index contributed by atoms with van der Waals surface area (Å²) in [4.78, 5) is 11.7. The fourth-order valence-corrected chi connectivity index (χ4v) is 3.02. The smallest absolute Gasteiger partial charge is 0.314 e. The van der Waals surface area contributed by atoms with Crippen LogP contribution in [-0.2, 0) is 16.6 Å². The molecule has 0 radical (unpaired) electrons. The normalized spacial score (nSPS) is 17.3. The molecular weight excluding hydrogens is 240 g/mol. The highest BCUT2D eigenvalue weighted by molar-refractivity contribution is 5.84. The molecule has 19 heavy (non-hydrogen) atoms. The average molecular weight is 262 g/mol. The highest BCUT2D eigenvalue weighted by Gasteiger charge is 2.49. The Labute approximate surface area is 114 Å². The van der Waals surface area contributed by atoms with E-state index in [1.807, 2.05) is 32.9 Å². The van der Waals surface area contributed by atoms with Crippen LogP contribution in [0.2, 0.25) is 0 Å². The monoisotopic (exact) mass is 262 g/mol. The first-order chi connectivity index (χ1) is 8.94. The van der Waals surface area contributed by atoms with Crippen LogP contribution in [0.5, 0.6) is 5.75 Å². The Hall–Kier alpha value is -1.51. The molecule has 2 rings (SSSR count). The second-order valence-electron chi connectivity index (χ2n) is 5.79. The highest BCUT2D eigenvalue weighted by atomic mass is 16.4. The minimum atomic E-state index is -0.866. The van der Waals surface area contributed by atoms with Crippen molar-refractivity contribution in [3.63, 3.8) is 0 Å². The summed E-state index contributed by atoms with van der Waals surface area (Å²) in [6.45, 7) is 6.05. The van der Waals surface area contributed by atoms with E-state index in [1.54, 1.807) is 0 Å². The fraction of sp³-hybridized carbons (Fsp3) is 0.562. The van der Waals surface area contributed by atoms with Gasteiger partial charge in [-0.2, -0.15) is 0 Å². The van der Waals surface area contributed by atoms with Crippen LogP contribution >= 0.6 is 0 Å². The molecule has 2 N–H and O–H groups in total. The molecule has 3 heteroatoms. The summed E-state index contributed by atoms with van der Waals surface area (Å²) in [7, 11) is 0. The third kappa shape index (κ3) is 2.01. The molecule has 1 aliphatic carbocycles. The Morgan fingerprint density at radius 1 is 1.37 bits per heavy atom. The maximum Gasteiger partial charge on any atom is 0.314 e. The molecule has 0 aromatic heterocycles. The van der Waals surface area contributed by atoms with E-state index in [0.717, 1.165) is 17.5 Å². The molecule has 0 heterocycles. The van der Waals surface area contributed by atoms with Crippen LogP contribution < -0.4 is 0 Å². The molecule has 1 fully saturated rings. The molecule has 0 unspecified atom stereocenters. The Bertz CT molecular complexity index is 499. The van der Waals surface area contributed by atoms with Crippen LogP contribution in [0.1, 0.15) is 62.6 Å². The molecule has 1 aromatic carbocycles. The van der Waals surface area contributed by atoms with Gasteiger partial charge in [-0.05, 0) is 36.3 Å². The number of aryl methyl sites for hydroxylation is 1. The summed E-state index contributed by atoms with van der Waals surface area (Å²) in [6.07, 6.45) is 2.89. The third-order valence-corrected chi connectivity index (χ3v) is 4.39. The van der Waals surface area contributed by atoms with Crippen molar-refractivity contribution >= 4 is 5.97 Å². The van der Waals surface area contributed by atoms with Crippen LogP contribution in [-0.4, -0.2) is 16.2 Å². The van der Waals surface area contributed by atoms with Crippen molar-refractivity contribution in [3.8, 4) is 5.75 Å². The van der Waals surface area contributed by atoms with Crippen molar-refractivity contribution < 1.29 is 15.0 Å². The number of carboxylic acids is 1. The van der Waals surface area contributed by atoms with Crippen LogP contribution in [0, 0.1) is 0 Å². The second kappa shape index (κ2) is 4.87. The SMILES string of the molecule is CCc1ccc(C(C)C)c(C2(C(=O)O)CCC2)c1O. The lowest BCUT2D eigenvalue weighted by molar-refractivity contribution is -0.147. The molecule has 0 atom stereocenters. The first kappa shape index (κ1) is 13.9. The number of carbonyl (C=O) groups is 1. The van der Waals surface area contributed by atoms with Crippen molar-refractivity contribution in [1.82, 2.24) is 0 Å². The quantitative estimate of drug-likeness (QED) is 0.872. The summed E-state index contributed by atoms with van der Waals surface area (Å²) >= 11 is 0. The van der Waals surface area contributed by atoms with Crippen molar-refractivity contribution in [2.75, 3.05) is 0 Å². The number of rotatable bonds is 4. The number of hydrogen-bond donors (Lipinski definition) is 2. The number of carboxylic acid groups (broad SMARTS) is 1. The largest absolute Gasteiger partial charge is 0.507 e. The van der Waals surface area contributed by atoms with E-state index >= 15 is 0 Å². The predicted octanol–water partition coefficient (Wildman–Crippen LogP) is 3.58. The van der Waals surface area contributed by atoms with Crippen LogP contribution in [0.15, 0.2) is 12.1 Å². The van der Waals surface area contributed by atoms with Crippen LogP contribution in [0.4, 0.5) is 0 Å². The summed E-state index contributed by atoms with van der Waals surface area (Å²) < 4.78 is 0. The van der Waals surface area contributed by atoms with Gasteiger partial charge in [-0.3, -0.25) is 4.79 Å². The van der Waals surface area contributed by atoms with E-state index in [2.05, 4.69) is 0 Å². The molecule has 0 saturated heterocycles. The molecule has 1 aromatic rings. The van der Waals surface area contributed by atoms with Crippen molar-refractivity contribution in [2.45, 2.75) is 57.8 Å². The zero-order chi connectivity index (χ0) is 14.2. The van der Waals surface area contributed by atoms with E-state index < -0.39 is 11.4 Å². The van der Waals surface area contributed by atoms with Gasteiger partial charge in [0.2, 0.25) is 0 Å². The maximum atomic E-state index is 11.7. The predicted molar refractivity (Wildman–Crippen MR) is 74.7 cm³/mol. The van der Waals surface area contributed by atoms with Gasteiger partial charge in [0.05, 0.1) is 5.41 Å². The lowest BCUT2D eigenvalue weighted by Crippen LogP contribution is -2.43. The maximum absolute atomic E-state index is 11.7. The summed E-state index contributed by atoms with van der Waals surface area (Å²) in [5, 5.41) is 20.1. The Morgan fingerprint density at radius 3 is 2.37 bits per heavy atom. The zero-order valence-corrected chi connectivity index (χ0v) is 11.9. The topological polar surface area (TPSA) is 57.5 Å². The first-order valence-corrected chi connectivity index (χ1v) is 7.02. The molecule has 1 saturated carbocycles. The van der Waals surface area contributed by atoms with Gasteiger partial charge in [0.1, 0.15) is 5.75 Å². The number of phenolic OH excluding ortho intramolecular Hbond substituents is 1. The van der Waals surface area contributed by atoms with Gasteiger partial charge in [-0.1, -0.05) is 39.3 Å². The van der Waals surface area contributed by atoms with E-state index in [-0.39, 0.29) is 11.7 Å². The average Bonchev–Trinajstić information content (AvgIpc) is 2.28. The number of phenols is 1. The van der Waals surface area contributed by atoms with E-state index in [9.17, 15) is 15.0 Å². The van der Waals surface area contributed by atoms with Gasteiger partial charge < -0.3 is 10.2 Å². The van der Waals surface area contributed by atoms with Gasteiger partial charge in [0.15, 0.2) is 0 Å². The summed E-state index contributed by atoms with van der Waals surface area (Å²) in [5.41, 5.74) is 1.61. The number of hydrogen-bond acceptors (Lipinski definition) is 2. The second-order valence-corrected chi connectivity index (χ2v) is 5.79. The fourth-order valence-electron chi connectivity index (χ4n) is 3.02. The third-order valence-electron chi connectivity index (χ3n) is 4.39. The first-order valence-electron chi connectivity index (χ1n) is 7.02. The summed E-state index contributed by atoms with van der Waals surface area (Å²) in [6, 6.07) is 3.91.